The van der Waals surface area contributed by atoms with Gasteiger partial charge in [-0.05, 0) is 43.4 Å². The Hall–Kier alpha value is -1.63. The first-order valence-corrected chi connectivity index (χ1v) is 8.96. The Morgan fingerprint density at radius 2 is 2.04 bits per heavy atom. The summed E-state index contributed by atoms with van der Waals surface area (Å²) in [5, 5.41) is 11.9. The number of nitrogens with one attached hydrogen (secondary N) is 1. The van der Waals surface area contributed by atoms with Gasteiger partial charge in [-0.1, -0.05) is 12.1 Å². The normalized spacial score (nSPS) is 25.5. The van der Waals surface area contributed by atoms with Gasteiger partial charge in [-0.3, -0.25) is 4.79 Å². The first kappa shape index (κ1) is 18.2. The second kappa shape index (κ2) is 8.17. The van der Waals surface area contributed by atoms with Crippen LogP contribution in [0, 0.1) is 0 Å². The van der Waals surface area contributed by atoms with Crippen molar-refractivity contribution in [1.29, 1.82) is 0 Å². The zero-order chi connectivity index (χ0) is 17.7. The molecule has 0 bridgehead atoms. The van der Waals surface area contributed by atoms with E-state index in [0.29, 0.717) is 13.2 Å². The average molecular weight is 349 g/mol. The van der Waals surface area contributed by atoms with E-state index in [1.54, 1.807) is 6.92 Å². The molecule has 138 valence electrons. The molecule has 25 heavy (non-hydrogen) atoms. The van der Waals surface area contributed by atoms with Gasteiger partial charge in [-0.15, -0.1) is 0 Å². The first-order valence-electron chi connectivity index (χ1n) is 8.96. The summed E-state index contributed by atoms with van der Waals surface area (Å²) in [6.07, 6.45) is 3.26. The van der Waals surface area contributed by atoms with Crippen molar-refractivity contribution >= 4 is 5.91 Å². The maximum absolute atomic E-state index is 11.6. The molecule has 0 aliphatic carbocycles. The molecule has 3 rings (SSSR count). The molecule has 1 amide bonds. The summed E-state index contributed by atoms with van der Waals surface area (Å²) in [6.45, 7) is 3.25. The van der Waals surface area contributed by atoms with Gasteiger partial charge in [-0.2, -0.15) is 0 Å². The molecule has 0 radical (unpaired) electrons. The van der Waals surface area contributed by atoms with Gasteiger partial charge >= 0.3 is 0 Å². The fourth-order valence-corrected chi connectivity index (χ4v) is 3.80. The molecule has 0 aromatic heterocycles. The van der Waals surface area contributed by atoms with Gasteiger partial charge in [0.15, 0.2) is 0 Å². The molecule has 0 saturated carbocycles. The molecule has 2 saturated heterocycles. The summed E-state index contributed by atoms with van der Waals surface area (Å²) in [6, 6.07) is 7.90. The molecule has 6 heteroatoms. The Kier molecular flexibility index (Phi) is 5.93. The molecule has 1 spiro atoms. The highest BCUT2D eigenvalue weighted by Crippen LogP contribution is 2.42. The summed E-state index contributed by atoms with van der Waals surface area (Å²) in [4.78, 5) is 11.6. The largest absolute Gasteiger partial charge is 0.491 e. The number of amides is 1. The topological polar surface area (TPSA) is 77.0 Å². The third-order valence-corrected chi connectivity index (χ3v) is 4.93. The van der Waals surface area contributed by atoms with Gasteiger partial charge in [0, 0.05) is 26.2 Å². The number of aliphatic hydroxyl groups excluding tert-OH is 1. The third-order valence-electron chi connectivity index (χ3n) is 4.93. The van der Waals surface area contributed by atoms with Crippen molar-refractivity contribution in [1.82, 2.24) is 5.32 Å². The number of aliphatic hydroxyl groups is 1. The standard InChI is InChI=1S/C19H27NO5/c1-14(22)20-16-12-18(25-19(13-16)6-9-23-10-7-19)15-2-4-17(5-3-15)24-11-8-21/h2-5,16,18,21H,6-13H2,1H3,(H,20,22)/t16-,18-/m1/s1. The van der Waals surface area contributed by atoms with Gasteiger partial charge in [-0.25, -0.2) is 0 Å². The van der Waals surface area contributed by atoms with Gasteiger partial charge in [0.25, 0.3) is 0 Å². The predicted molar refractivity (Wildman–Crippen MR) is 92.5 cm³/mol. The highest BCUT2D eigenvalue weighted by atomic mass is 16.5. The molecule has 2 fully saturated rings. The lowest BCUT2D eigenvalue weighted by atomic mass is 9.81. The van der Waals surface area contributed by atoms with Crippen molar-refractivity contribution in [2.45, 2.75) is 50.4 Å². The van der Waals surface area contributed by atoms with Crippen LogP contribution < -0.4 is 10.1 Å². The van der Waals surface area contributed by atoms with Gasteiger partial charge in [0.1, 0.15) is 12.4 Å². The minimum absolute atomic E-state index is 0.000566. The SMILES string of the molecule is CC(=O)N[C@@H]1C[C@H](c2ccc(OCCO)cc2)OC2(CCOCC2)C1. The van der Waals surface area contributed by atoms with Crippen molar-refractivity contribution in [2.75, 3.05) is 26.4 Å². The van der Waals surface area contributed by atoms with Crippen LogP contribution in [-0.4, -0.2) is 49.1 Å². The van der Waals surface area contributed by atoms with Crippen LogP contribution in [0.4, 0.5) is 0 Å². The lowest BCUT2D eigenvalue weighted by Gasteiger charge is -2.47. The van der Waals surface area contributed by atoms with Crippen LogP contribution in [0.3, 0.4) is 0 Å². The van der Waals surface area contributed by atoms with Gasteiger partial charge in [0.2, 0.25) is 5.91 Å². The maximum Gasteiger partial charge on any atom is 0.217 e. The zero-order valence-corrected chi connectivity index (χ0v) is 14.7. The molecule has 2 aliphatic heterocycles. The van der Waals surface area contributed by atoms with E-state index >= 15 is 0 Å². The molecular weight excluding hydrogens is 322 g/mol. The van der Waals surface area contributed by atoms with Crippen LogP contribution in [0.2, 0.25) is 0 Å². The molecule has 2 heterocycles. The highest BCUT2D eigenvalue weighted by Gasteiger charge is 2.43. The van der Waals surface area contributed by atoms with E-state index in [1.165, 1.54) is 0 Å². The second-order valence-electron chi connectivity index (χ2n) is 6.88. The van der Waals surface area contributed by atoms with E-state index in [2.05, 4.69) is 5.32 Å². The Morgan fingerprint density at radius 1 is 1.32 bits per heavy atom. The number of ether oxygens (including phenoxy) is 3. The maximum atomic E-state index is 11.6. The minimum Gasteiger partial charge on any atom is -0.491 e. The van der Waals surface area contributed by atoms with E-state index in [1.807, 2.05) is 24.3 Å². The van der Waals surface area contributed by atoms with Crippen LogP contribution in [0.1, 0.15) is 44.3 Å². The average Bonchev–Trinajstić information content (AvgIpc) is 2.60. The monoisotopic (exact) mass is 349 g/mol. The Morgan fingerprint density at radius 3 is 2.68 bits per heavy atom. The van der Waals surface area contributed by atoms with Crippen LogP contribution in [0.5, 0.6) is 5.75 Å². The lowest BCUT2D eigenvalue weighted by Crippen LogP contribution is -2.51. The summed E-state index contributed by atoms with van der Waals surface area (Å²) in [5.41, 5.74) is 0.859. The number of carbonyl (C=O) groups is 1. The van der Waals surface area contributed by atoms with E-state index in [0.717, 1.165) is 37.0 Å². The molecule has 2 aliphatic rings. The lowest BCUT2D eigenvalue weighted by molar-refractivity contribution is -0.179. The number of hydrogen-bond donors (Lipinski definition) is 2. The van der Waals surface area contributed by atoms with Crippen molar-refractivity contribution in [2.24, 2.45) is 0 Å². The van der Waals surface area contributed by atoms with Crippen LogP contribution in [0.25, 0.3) is 0 Å². The third kappa shape index (κ3) is 4.71. The number of carbonyl (C=O) groups excluding carboxylic acids is 1. The van der Waals surface area contributed by atoms with E-state index < -0.39 is 0 Å². The molecular formula is C19H27NO5. The second-order valence-corrected chi connectivity index (χ2v) is 6.88. The Bertz CT molecular complexity index is 568. The predicted octanol–water partition coefficient (Wildman–Crippen LogP) is 1.96. The highest BCUT2D eigenvalue weighted by molar-refractivity contribution is 5.73. The molecule has 2 N–H and O–H groups in total. The van der Waals surface area contributed by atoms with Crippen LogP contribution in [0.15, 0.2) is 24.3 Å². The van der Waals surface area contributed by atoms with Crippen LogP contribution >= 0.6 is 0 Å². The smallest absolute Gasteiger partial charge is 0.217 e. The van der Waals surface area contributed by atoms with Gasteiger partial charge in [0.05, 0.1) is 18.3 Å². The molecule has 0 unspecified atom stereocenters. The number of hydrogen-bond acceptors (Lipinski definition) is 5. The summed E-state index contributed by atoms with van der Waals surface area (Å²) in [5.74, 6) is 0.730. The molecule has 2 atom stereocenters. The summed E-state index contributed by atoms with van der Waals surface area (Å²) in [7, 11) is 0. The zero-order valence-electron chi connectivity index (χ0n) is 14.7. The van der Waals surface area contributed by atoms with E-state index in [9.17, 15) is 4.79 Å². The quantitative estimate of drug-likeness (QED) is 0.850. The fraction of sp³-hybridized carbons (Fsp3) is 0.632. The summed E-state index contributed by atoms with van der Waals surface area (Å²) < 4.78 is 17.4. The van der Waals surface area contributed by atoms with Crippen molar-refractivity contribution in [3.63, 3.8) is 0 Å². The van der Waals surface area contributed by atoms with Crippen molar-refractivity contribution in [3.8, 4) is 5.75 Å². The van der Waals surface area contributed by atoms with Crippen molar-refractivity contribution in [3.05, 3.63) is 29.8 Å². The molecule has 1 aromatic rings. The Balaban J connectivity index is 1.74. The van der Waals surface area contributed by atoms with E-state index in [-0.39, 0.29) is 36.9 Å². The Labute approximate surface area is 148 Å². The molecule has 1 aromatic carbocycles. The first-order chi connectivity index (χ1) is 12.1. The van der Waals surface area contributed by atoms with Gasteiger partial charge < -0.3 is 24.6 Å². The molecule has 6 nitrogen and oxygen atoms in total. The van der Waals surface area contributed by atoms with Crippen LogP contribution in [-0.2, 0) is 14.3 Å². The van der Waals surface area contributed by atoms with Crippen molar-refractivity contribution < 1.29 is 24.1 Å². The van der Waals surface area contributed by atoms with E-state index in [4.69, 9.17) is 19.3 Å². The number of rotatable bonds is 5. The minimum atomic E-state index is -0.222. The number of benzene rings is 1. The fourth-order valence-electron chi connectivity index (χ4n) is 3.80. The summed E-state index contributed by atoms with van der Waals surface area (Å²) >= 11 is 0.